The average molecular weight is 477 g/mol. The molecule has 0 fully saturated rings. The summed E-state index contributed by atoms with van der Waals surface area (Å²) in [5, 5.41) is 7.62. The SMILES string of the molecule is Cc1ccc2nc(CCNCCc3nc4c(NCc5ncccc5F)nc(C)nc4s3)[nH]c2c1. The summed E-state index contributed by atoms with van der Waals surface area (Å²) in [7, 11) is 0. The number of benzene rings is 1. The molecule has 0 bridgehead atoms. The van der Waals surface area contributed by atoms with Gasteiger partial charge in [-0.3, -0.25) is 4.98 Å². The molecule has 34 heavy (non-hydrogen) atoms. The van der Waals surface area contributed by atoms with Crippen molar-refractivity contribution in [3.63, 3.8) is 0 Å². The third kappa shape index (κ3) is 5.02. The first kappa shape index (κ1) is 22.3. The van der Waals surface area contributed by atoms with Crippen LogP contribution in [-0.4, -0.2) is 43.0 Å². The Morgan fingerprint density at radius 3 is 2.79 bits per heavy atom. The minimum absolute atomic E-state index is 0.230. The number of anilines is 1. The third-order valence-electron chi connectivity index (χ3n) is 5.41. The number of H-pyrrole nitrogens is 1. The first-order chi connectivity index (χ1) is 16.5. The third-order valence-corrected chi connectivity index (χ3v) is 6.42. The second-order valence-electron chi connectivity index (χ2n) is 8.12. The van der Waals surface area contributed by atoms with E-state index in [1.165, 1.54) is 11.6 Å². The van der Waals surface area contributed by atoms with E-state index in [9.17, 15) is 4.39 Å². The van der Waals surface area contributed by atoms with Gasteiger partial charge in [0.1, 0.15) is 27.8 Å². The molecule has 0 saturated carbocycles. The Balaban J connectivity index is 1.18. The summed E-state index contributed by atoms with van der Waals surface area (Å²) in [6, 6.07) is 9.21. The van der Waals surface area contributed by atoms with E-state index in [0.717, 1.165) is 52.6 Å². The van der Waals surface area contributed by atoms with Crippen LogP contribution < -0.4 is 10.6 Å². The number of halogens is 1. The van der Waals surface area contributed by atoms with Gasteiger partial charge in [0, 0.05) is 32.1 Å². The van der Waals surface area contributed by atoms with E-state index in [1.807, 2.05) is 13.0 Å². The summed E-state index contributed by atoms with van der Waals surface area (Å²) in [6.07, 6.45) is 3.19. The van der Waals surface area contributed by atoms with Gasteiger partial charge >= 0.3 is 0 Å². The zero-order valence-electron chi connectivity index (χ0n) is 19.0. The Morgan fingerprint density at radius 2 is 1.91 bits per heavy atom. The number of hydrogen-bond acceptors (Lipinski definition) is 8. The maximum absolute atomic E-state index is 13.9. The molecule has 0 saturated heterocycles. The molecule has 0 unspecified atom stereocenters. The van der Waals surface area contributed by atoms with Crippen molar-refractivity contribution in [1.82, 2.24) is 35.2 Å². The van der Waals surface area contributed by atoms with Gasteiger partial charge in [-0.05, 0) is 43.7 Å². The van der Waals surface area contributed by atoms with Crippen LogP contribution >= 0.6 is 11.3 Å². The molecule has 5 rings (SSSR count). The topological polar surface area (TPSA) is 104 Å². The van der Waals surface area contributed by atoms with Gasteiger partial charge in [-0.2, -0.15) is 0 Å². The van der Waals surface area contributed by atoms with Crippen LogP contribution in [0, 0.1) is 19.7 Å². The molecule has 0 aliphatic rings. The highest BCUT2D eigenvalue weighted by Crippen LogP contribution is 2.26. The fourth-order valence-electron chi connectivity index (χ4n) is 3.74. The normalized spacial score (nSPS) is 11.5. The molecule has 3 N–H and O–H groups in total. The Hall–Kier alpha value is -3.50. The number of aromatic nitrogens is 6. The molecule has 8 nitrogen and oxygen atoms in total. The van der Waals surface area contributed by atoms with Gasteiger partial charge in [-0.1, -0.05) is 17.4 Å². The van der Waals surface area contributed by atoms with Crippen molar-refractivity contribution in [3.8, 4) is 0 Å². The van der Waals surface area contributed by atoms with Gasteiger partial charge in [0.05, 0.1) is 28.3 Å². The first-order valence-corrected chi connectivity index (χ1v) is 12.0. The van der Waals surface area contributed by atoms with Crippen molar-refractivity contribution in [1.29, 1.82) is 0 Å². The van der Waals surface area contributed by atoms with Crippen molar-refractivity contribution in [2.24, 2.45) is 0 Å². The number of nitrogens with zero attached hydrogens (tertiary/aromatic N) is 5. The molecule has 10 heteroatoms. The minimum atomic E-state index is -0.347. The Labute approximate surface area is 200 Å². The van der Waals surface area contributed by atoms with E-state index in [1.54, 1.807) is 23.6 Å². The lowest BCUT2D eigenvalue weighted by Crippen LogP contribution is -2.20. The highest BCUT2D eigenvalue weighted by atomic mass is 32.1. The van der Waals surface area contributed by atoms with E-state index in [-0.39, 0.29) is 12.4 Å². The van der Waals surface area contributed by atoms with E-state index in [2.05, 4.69) is 54.6 Å². The summed E-state index contributed by atoms with van der Waals surface area (Å²) in [4.78, 5) is 26.7. The standard InChI is InChI=1S/C24H25FN8S/c1-14-5-6-17-18(12-14)32-20(31-17)7-10-26-11-8-21-33-22-23(29-15(2)30-24(22)34-21)28-13-19-16(25)4-3-9-27-19/h3-6,9,12,26H,7-8,10-11,13H2,1-2H3,(H,31,32)(H,28,29,30). The number of hydrogen-bond donors (Lipinski definition) is 3. The van der Waals surface area contributed by atoms with Crippen LogP contribution in [0.5, 0.6) is 0 Å². The quantitative estimate of drug-likeness (QED) is 0.275. The summed E-state index contributed by atoms with van der Waals surface area (Å²) in [6.45, 7) is 5.77. The molecule has 0 atom stereocenters. The van der Waals surface area contributed by atoms with Crippen molar-refractivity contribution in [3.05, 3.63) is 70.3 Å². The van der Waals surface area contributed by atoms with Gasteiger partial charge in [0.15, 0.2) is 5.82 Å². The van der Waals surface area contributed by atoms with Crippen LogP contribution in [0.1, 0.15) is 27.9 Å². The second kappa shape index (κ2) is 9.78. The second-order valence-corrected chi connectivity index (χ2v) is 9.18. The van der Waals surface area contributed by atoms with Crippen LogP contribution in [0.4, 0.5) is 10.2 Å². The highest BCUT2D eigenvalue weighted by molar-refractivity contribution is 7.18. The molecule has 0 aliphatic carbocycles. The number of rotatable bonds is 9. The number of aryl methyl sites for hydroxylation is 2. The van der Waals surface area contributed by atoms with Gasteiger partial charge in [0.2, 0.25) is 0 Å². The number of thiazole rings is 1. The molecule has 1 aromatic carbocycles. The van der Waals surface area contributed by atoms with Crippen molar-refractivity contribution in [2.75, 3.05) is 18.4 Å². The maximum Gasteiger partial charge on any atom is 0.157 e. The summed E-state index contributed by atoms with van der Waals surface area (Å²) in [5.41, 5.74) is 4.35. The van der Waals surface area contributed by atoms with Crippen LogP contribution in [-0.2, 0) is 19.4 Å². The van der Waals surface area contributed by atoms with Crippen molar-refractivity contribution < 1.29 is 4.39 Å². The Morgan fingerprint density at radius 1 is 1.03 bits per heavy atom. The molecule has 4 heterocycles. The van der Waals surface area contributed by atoms with E-state index in [0.29, 0.717) is 22.9 Å². The molecule has 0 amide bonds. The van der Waals surface area contributed by atoms with Crippen LogP contribution in [0.15, 0.2) is 36.5 Å². The molecule has 4 aromatic heterocycles. The Bertz CT molecular complexity index is 1440. The summed E-state index contributed by atoms with van der Waals surface area (Å²) < 4.78 is 13.9. The predicted molar refractivity (Wildman–Crippen MR) is 133 cm³/mol. The van der Waals surface area contributed by atoms with E-state index in [4.69, 9.17) is 4.98 Å². The molecule has 5 aromatic rings. The van der Waals surface area contributed by atoms with Gasteiger partial charge < -0.3 is 15.6 Å². The highest BCUT2D eigenvalue weighted by Gasteiger charge is 2.13. The van der Waals surface area contributed by atoms with Crippen LogP contribution in [0.2, 0.25) is 0 Å². The largest absolute Gasteiger partial charge is 0.362 e. The average Bonchev–Trinajstić information content (AvgIpc) is 3.41. The van der Waals surface area contributed by atoms with Gasteiger partial charge in [-0.25, -0.2) is 24.3 Å². The first-order valence-electron chi connectivity index (χ1n) is 11.2. The molecular formula is C24H25FN8S. The lowest BCUT2D eigenvalue weighted by atomic mass is 10.2. The number of nitrogens with one attached hydrogen (secondary N) is 3. The van der Waals surface area contributed by atoms with Crippen molar-refractivity contribution >= 4 is 38.5 Å². The predicted octanol–water partition coefficient (Wildman–Crippen LogP) is 4.10. The van der Waals surface area contributed by atoms with E-state index >= 15 is 0 Å². The number of pyridine rings is 1. The zero-order valence-corrected chi connectivity index (χ0v) is 19.8. The molecule has 0 spiro atoms. The van der Waals surface area contributed by atoms with Crippen molar-refractivity contribution in [2.45, 2.75) is 33.2 Å². The van der Waals surface area contributed by atoms with Gasteiger partial charge in [-0.15, -0.1) is 0 Å². The fraction of sp³-hybridized carbons (Fsp3) is 0.292. The molecule has 174 valence electrons. The monoisotopic (exact) mass is 476 g/mol. The van der Waals surface area contributed by atoms with E-state index < -0.39 is 0 Å². The summed E-state index contributed by atoms with van der Waals surface area (Å²) >= 11 is 1.56. The number of imidazole rings is 1. The smallest absolute Gasteiger partial charge is 0.157 e. The molecular weight excluding hydrogens is 451 g/mol. The number of fused-ring (bicyclic) bond motifs is 2. The molecule has 0 aliphatic heterocycles. The number of aromatic amines is 1. The fourth-order valence-corrected chi connectivity index (χ4v) is 4.72. The summed E-state index contributed by atoms with van der Waals surface area (Å²) in [5.74, 6) is 1.88. The van der Waals surface area contributed by atoms with Crippen LogP contribution in [0.3, 0.4) is 0 Å². The lowest BCUT2D eigenvalue weighted by molar-refractivity contribution is 0.602. The Kier molecular flexibility index (Phi) is 6.41. The molecule has 0 radical (unpaired) electrons. The zero-order chi connectivity index (χ0) is 23.5. The lowest BCUT2D eigenvalue weighted by Gasteiger charge is -2.07. The van der Waals surface area contributed by atoms with Gasteiger partial charge in [0.25, 0.3) is 0 Å². The van der Waals surface area contributed by atoms with Crippen LogP contribution in [0.25, 0.3) is 21.4 Å². The maximum atomic E-state index is 13.9. The minimum Gasteiger partial charge on any atom is -0.362 e.